The molecule has 2 aromatic carbocycles. The molecule has 0 radical (unpaired) electrons. The molecule has 1 saturated heterocycles. The third kappa shape index (κ3) is 4.47. The Bertz CT molecular complexity index is 969. The van der Waals surface area contributed by atoms with Crippen molar-refractivity contribution in [2.24, 2.45) is 5.92 Å². The van der Waals surface area contributed by atoms with Gasteiger partial charge in [0, 0.05) is 12.0 Å². The van der Waals surface area contributed by atoms with Gasteiger partial charge in [-0.2, -0.15) is 0 Å². The highest BCUT2D eigenvalue weighted by Crippen LogP contribution is 2.23. The highest BCUT2D eigenvalue weighted by atomic mass is 16.7. The number of nitrogens with one attached hydrogen (secondary N) is 1. The minimum atomic E-state index is -0.982. The molecule has 0 bridgehead atoms. The van der Waals surface area contributed by atoms with Gasteiger partial charge in [0.05, 0.1) is 12.3 Å². The molecule has 29 heavy (non-hydrogen) atoms. The van der Waals surface area contributed by atoms with E-state index in [1.54, 1.807) is 0 Å². The molecule has 0 saturated carbocycles. The van der Waals surface area contributed by atoms with E-state index in [0.29, 0.717) is 25.3 Å². The van der Waals surface area contributed by atoms with Gasteiger partial charge in [-0.05, 0) is 43.2 Å². The van der Waals surface area contributed by atoms with Crippen molar-refractivity contribution in [2.45, 2.75) is 26.0 Å². The molecule has 2 N–H and O–H groups in total. The predicted octanol–water partition coefficient (Wildman–Crippen LogP) is 2.81. The van der Waals surface area contributed by atoms with Crippen molar-refractivity contribution in [3.05, 3.63) is 71.6 Å². The van der Waals surface area contributed by atoms with Gasteiger partial charge in [0.15, 0.2) is 6.23 Å². The van der Waals surface area contributed by atoms with E-state index in [9.17, 15) is 9.90 Å². The lowest BCUT2D eigenvalue weighted by atomic mass is 9.99. The molecule has 7 heteroatoms. The molecular weight excluding hydrogens is 372 g/mol. The summed E-state index contributed by atoms with van der Waals surface area (Å²) in [6.07, 6.45) is 0.0496. The van der Waals surface area contributed by atoms with Crippen LogP contribution < -0.4 is 10.2 Å². The highest BCUT2D eigenvalue weighted by Gasteiger charge is 2.35. The van der Waals surface area contributed by atoms with E-state index < -0.39 is 18.1 Å². The summed E-state index contributed by atoms with van der Waals surface area (Å²) in [5.74, 6) is 1.08. The number of aliphatic hydroxyl groups excluding tert-OH is 1. The quantitative estimate of drug-likeness (QED) is 0.636. The molecule has 4 rings (SSSR count). The van der Waals surface area contributed by atoms with Crippen molar-refractivity contribution in [2.75, 3.05) is 6.61 Å². The Morgan fingerprint density at radius 2 is 1.90 bits per heavy atom. The Kier molecular flexibility index (Phi) is 5.59. The van der Waals surface area contributed by atoms with E-state index in [-0.39, 0.29) is 0 Å². The average Bonchev–Trinajstić information content (AvgIpc) is 3.27. The first-order valence-electron chi connectivity index (χ1n) is 9.48. The number of hydroxylamine groups is 1. The first kappa shape index (κ1) is 19.2. The Labute approximate surface area is 168 Å². The van der Waals surface area contributed by atoms with Gasteiger partial charge in [0.25, 0.3) is 0 Å². The van der Waals surface area contributed by atoms with Crippen molar-refractivity contribution in [3.63, 3.8) is 0 Å². The van der Waals surface area contributed by atoms with E-state index in [1.165, 1.54) is 0 Å². The fourth-order valence-electron chi connectivity index (χ4n) is 3.21. The fourth-order valence-corrected chi connectivity index (χ4v) is 3.21. The molecule has 1 aliphatic rings. The third-order valence-electron chi connectivity index (χ3n) is 4.86. The van der Waals surface area contributed by atoms with Crippen LogP contribution in [0, 0.1) is 12.8 Å². The van der Waals surface area contributed by atoms with Crippen LogP contribution in [-0.4, -0.2) is 28.9 Å². The molecule has 1 fully saturated rings. The van der Waals surface area contributed by atoms with Crippen molar-refractivity contribution in [3.8, 4) is 17.2 Å². The SMILES string of the molecule is Cc1oc(-c2ccccc2)nc1CCOc1ccc(CC2C(=O)ONC2O)cc1. The lowest BCUT2D eigenvalue weighted by Crippen LogP contribution is -2.27. The number of oxazole rings is 1. The minimum Gasteiger partial charge on any atom is -0.493 e. The first-order chi connectivity index (χ1) is 14.1. The van der Waals surface area contributed by atoms with Crippen LogP contribution in [-0.2, 0) is 22.5 Å². The molecule has 3 aromatic rings. The summed E-state index contributed by atoms with van der Waals surface area (Å²) in [5.41, 5.74) is 5.02. The Balaban J connectivity index is 1.31. The molecular formula is C22H22N2O5. The zero-order valence-electron chi connectivity index (χ0n) is 16.0. The Hall–Kier alpha value is -3.16. The van der Waals surface area contributed by atoms with E-state index >= 15 is 0 Å². The second-order valence-corrected chi connectivity index (χ2v) is 6.92. The van der Waals surface area contributed by atoms with Gasteiger partial charge in [0.1, 0.15) is 17.4 Å². The molecule has 7 nitrogen and oxygen atoms in total. The van der Waals surface area contributed by atoms with E-state index in [2.05, 4.69) is 15.3 Å². The molecule has 2 unspecified atom stereocenters. The molecule has 2 atom stereocenters. The molecule has 0 spiro atoms. The van der Waals surface area contributed by atoms with Gasteiger partial charge < -0.3 is 19.1 Å². The lowest BCUT2D eigenvalue weighted by molar-refractivity contribution is -0.145. The number of aromatic nitrogens is 1. The average molecular weight is 394 g/mol. The summed E-state index contributed by atoms with van der Waals surface area (Å²) in [6.45, 7) is 2.37. The van der Waals surface area contributed by atoms with E-state index in [4.69, 9.17) is 9.15 Å². The van der Waals surface area contributed by atoms with Crippen LogP contribution >= 0.6 is 0 Å². The monoisotopic (exact) mass is 394 g/mol. The second-order valence-electron chi connectivity index (χ2n) is 6.92. The van der Waals surface area contributed by atoms with Gasteiger partial charge in [0.2, 0.25) is 5.89 Å². The molecule has 1 aromatic heterocycles. The van der Waals surface area contributed by atoms with E-state index in [0.717, 1.165) is 28.3 Å². The lowest BCUT2D eigenvalue weighted by Gasteiger charge is -2.10. The van der Waals surface area contributed by atoms with E-state index in [1.807, 2.05) is 61.5 Å². The van der Waals surface area contributed by atoms with Gasteiger partial charge in [-0.3, -0.25) is 0 Å². The summed E-state index contributed by atoms with van der Waals surface area (Å²) < 4.78 is 11.6. The Morgan fingerprint density at radius 3 is 2.59 bits per heavy atom. The number of carbonyl (C=O) groups is 1. The molecule has 0 aliphatic carbocycles. The maximum absolute atomic E-state index is 11.6. The smallest absolute Gasteiger partial charge is 0.332 e. The molecule has 2 heterocycles. The summed E-state index contributed by atoms with van der Waals surface area (Å²) in [6, 6.07) is 17.2. The zero-order chi connectivity index (χ0) is 20.2. The van der Waals surface area contributed by atoms with Crippen LogP contribution in [0.4, 0.5) is 0 Å². The zero-order valence-corrected chi connectivity index (χ0v) is 16.0. The van der Waals surface area contributed by atoms with Crippen molar-refractivity contribution in [1.82, 2.24) is 10.5 Å². The predicted molar refractivity (Wildman–Crippen MR) is 105 cm³/mol. The third-order valence-corrected chi connectivity index (χ3v) is 4.86. The van der Waals surface area contributed by atoms with Crippen molar-refractivity contribution < 1.29 is 23.9 Å². The van der Waals surface area contributed by atoms with Crippen LogP contribution in [0.25, 0.3) is 11.5 Å². The maximum Gasteiger partial charge on any atom is 0.332 e. The molecule has 0 amide bonds. The van der Waals surface area contributed by atoms with Crippen LogP contribution in [0.3, 0.4) is 0 Å². The van der Waals surface area contributed by atoms with Gasteiger partial charge in [-0.1, -0.05) is 30.3 Å². The number of hydrogen-bond donors (Lipinski definition) is 2. The summed E-state index contributed by atoms with van der Waals surface area (Å²) in [7, 11) is 0. The topological polar surface area (TPSA) is 93.8 Å². The summed E-state index contributed by atoms with van der Waals surface area (Å²) in [5, 5.41) is 9.70. The summed E-state index contributed by atoms with van der Waals surface area (Å²) in [4.78, 5) is 20.8. The fraction of sp³-hybridized carbons (Fsp3) is 0.273. The number of ether oxygens (including phenoxy) is 1. The molecule has 1 aliphatic heterocycles. The number of rotatable bonds is 7. The molecule has 150 valence electrons. The number of benzene rings is 2. The minimum absolute atomic E-state index is 0.397. The second kappa shape index (κ2) is 8.46. The largest absolute Gasteiger partial charge is 0.493 e. The standard InChI is InChI=1S/C22H22N2O5/c1-14-19(23-21(28-14)16-5-3-2-4-6-16)11-12-27-17-9-7-15(8-10-17)13-18-20(25)24-29-22(18)26/h2-10,18,20,24-25H,11-13H2,1H3. The number of nitrogens with zero attached hydrogens (tertiary/aromatic N) is 1. The van der Waals surface area contributed by atoms with Crippen molar-refractivity contribution >= 4 is 5.97 Å². The van der Waals surface area contributed by atoms with Crippen LogP contribution in [0.1, 0.15) is 17.0 Å². The highest BCUT2D eigenvalue weighted by molar-refractivity contribution is 5.74. The maximum atomic E-state index is 11.6. The summed E-state index contributed by atoms with van der Waals surface area (Å²) >= 11 is 0. The van der Waals surface area contributed by atoms with Gasteiger partial charge in [-0.25, -0.2) is 9.78 Å². The van der Waals surface area contributed by atoms with Gasteiger partial charge >= 0.3 is 5.97 Å². The Morgan fingerprint density at radius 1 is 1.14 bits per heavy atom. The van der Waals surface area contributed by atoms with Crippen molar-refractivity contribution in [1.29, 1.82) is 0 Å². The number of aryl methyl sites for hydroxylation is 1. The normalized spacial score (nSPS) is 18.6. The van der Waals surface area contributed by atoms with Crippen LogP contribution in [0.5, 0.6) is 5.75 Å². The number of hydrogen-bond acceptors (Lipinski definition) is 7. The van der Waals surface area contributed by atoms with Crippen LogP contribution in [0.15, 0.2) is 59.0 Å². The van der Waals surface area contributed by atoms with Gasteiger partial charge in [-0.15, -0.1) is 5.48 Å². The first-order valence-corrected chi connectivity index (χ1v) is 9.48. The number of carbonyl (C=O) groups excluding carboxylic acids is 1. The van der Waals surface area contributed by atoms with Crippen LogP contribution in [0.2, 0.25) is 0 Å². The number of aliphatic hydroxyl groups is 1.